The fourth-order valence-electron chi connectivity index (χ4n) is 9.96. The smallest absolute Gasteiger partial charge is 0.164 e. The Hall–Kier alpha value is -6.39. The third-order valence-corrected chi connectivity index (χ3v) is 13.1. The van der Waals surface area contributed by atoms with Gasteiger partial charge in [-0.15, -0.1) is 0 Å². The van der Waals surface area contributed by atoms with Gasteiger partial charge in [0.1, 0.15) is 11.5 Å². The van der Waals surface area contributed by atoms with Gasteiger partial charge in [0.2, 0.25) is 0 Å². The Labute approximate surface area is 328 Å². The van der Waals surface area contributed by atoms with Crippen LogP contribution in [0.25, 0.3) is 62.0 Å². The summed E-state index contributed by atoms with van der Waals surface area (Å²) in [7, 11) is 0. The molecule has 1 unspecified atom stereocenters. The average molecular weight is 724 g/mol. The van der Waals surface area contributed by atoms with Crippen LogP contribution in [0.1, 0.15) is 68.9 Å². The minimum Gasteiger partial charge on any atom is -0.460 e. The van der Waals surface area contributed by atoms with Crippen LogP contribution in [0, 0.1) is 0 Å². The highest BCUT2D eigenvalue weighted by Gasteiger charge is 2.49. The number of fused-ring (bicyclic) bond motifs is 8. The van der Waals surface area contributed by atoms with Gasteiger partial charge in [-0.2, -0.15) is 0 Å². The third-order valence-electron chi connectivity index (χ3n) is 13.1. The van der Waals surface area contributed by atoms with E-state index in [4.69, 9.17) is 19.7 Å². The van der Waals surface area contributed by atoms with Crippen LogP contribution >= 0.6 is 0 Å². The van der Waals surface area contributed by atoms with Gasteiger partial charge in [0, 0.05) is 33.1 Å². The highest BCUT2D eigenvalue weighted by Crippen LogP contribution is 2.59. The number of benzene rings is 6. The van der Waals surface area contributed by atoms with E-state index in [9.17, 15) is 0 Å². The number of hydrogen-bond donors (Lipinski definition) is 0. The van der Waals surface area contributed by atoms with Crippen molar-refractivity contribution in [2.75, 3.05) is 0 Å². The van der Waals surface area contributed by atoms with Gasteiger partial charge in [0.15, 0.2) is 17.5 Å². The Morgan fingerprint density at radius 3 is 1.79 bits per heavy atom. The monoisotopic (exact) mass is 723 g/mol. The molecule has 0 saturated heterocycles. The summed E-state index contributed by atoms with van der Waals surface area (Å²) in [5, 5.41) is 0. The van der Waals surface area contributed by atoms with E-state index in [1.165, 1.54) is 50.1 Å². The number of allylic oxidation sites excluding steroid dienone is 4. The number of ether oxygens (including phenoxy) is 1. The van der Waals surface area contributed by atoms with Crippen molar-refractivity contribution in [3.05, 3.63) is 185 Å². The second-order valence-corrected chi connectivity index (χ2v) is 17.0. The zero-order valence-electron chi connectivity index (χ0n) is 32.3. The van der Waals surface area contributed by atoms with Crippen molar-refractivity contribution in [2.45, 2.75) is 57.3 Å². The summed E-state index contributed by atoms with van der Waals surface area (Å²) in [5.41, 5.74) is 16.8. The lowest BCUT2D eigenvalue weighted by atomic mass is 9.70. The van der Waals surface area contributed by atoms with E-state index in [1.54, 1.807) is 0 Å². The van der Waals surface area contributed by atoms with Crippen molar-refractivity contribution in [2.24, 2.45) is 0 Å². The minimum absolute atomic E-state index is 0.0457. The summed E-state index contributed by atoms with van der Waals surface area (Å²) < 4.78 is 6.64. The van der Waals surface area contributed by atoms with E-state index < -0.39 is 0 Å². The largest absolute Gasteiger partial charge is 0.460 e. The first-order valence-corrected chi connectivity index (χ1v) is 19.7. The van der Waals surface area contributed by atoms with Crippen LogP contribution in [0.4, 0.5) is 0 Å². The van der Waals surface area contributed by atoms with Gasteiger partial charge in [-0.25, -0.2) is 15.0 Å². The summed E-state index contributed by atoms with van der Waals surface area (Å²) in [6.07, 6.45) is 3.26. The van der Waals surface area contributed by atoms with Gasteiger partial charge < -0.3 is 4.74 Å². The van der Waals surface area contributed by atoms with E-state index >= 15 is 0 Å². The standard InChI is InChI=1S/C52H41N3O/c1-50(2)40-20-12-10-17-36(40)46-37(18-13-21-41(46)50)49-54-47(32-14-7-6-8-15-32)53-48(55-49)33-24-22-31(23-25-33)34-26-27-44-43(28-34)52(5)30-38-35-16-9-11-19-39(35)51(3,4)42(38)29-45(52)56-44/h6-29H,30H2,1-5H3. The minimum atomic E-state index is -0.236. The van der Waals surface area contributed by atoms with Crippen molar-refractivity contribution in [1.82, 2.24) is 15.0 Å². The Kier molecular flexibility index (Phi) is 6.81. The molecule has 7 aromatic rings. The molecule has 2 heterocycles. The van der Waals surface area contributed by atoms with Crippen LogP contribution in [0.3, 0.4) is 0 Å². The van der Waals surface area contributed by atoms with Gasteiger partial charge in [-0.1, -0.05) is 155 Å². The lowest BCUT2D eigenvalue weighted by Gasteiger charge is -2.32. The first-order chi connectivity index (χ1) is 27.1. The van der Waals surface area contributed by atoms with E-state index in [-0.39, 0.29) is 16.2 Å². The third kappa shape index (κ3) is 4.62. The molecule has 0 spiro atoms. The molecule has 270 valence electrons. The SMILES string of the molecule is CC1(C)C2=C(CC3(C)C(=C2)Oc2ccc(-c4ccc(-c5nc(-c6ccccc6)nc(-c6cccc7c6-c6ccccc6C7(C)C)n5)cc4)cc23)c2ccccc21. The van der Waals surface area contributed by atoms with E-state index in [2.05, 4.69) is 162 Å². The summed E-state index contributed by atoms with van der Waals surface area (Å²) in [6, 6.07) is 49.7. The summed E-state index contributed by atoms with van der Waals surface area (Å²) in [5.74, 6) is 4.00. The summed E-state index contributed by atoms with van der Waals surface area (Å²) >= 11 is 0. The summed E-state index contributed by atoms with van der Waals surface area (Å²) in [4.78, 5) is 15.4. The van der Waals surface area contributed by atoms with Crippen LogP contribution in [0.2, 0.25) is 0 Å². The van der Waals surface area contributed by atoms with Crippen LogP contribution < -0.4 is 4.74 Å². The fraction of sp³-hybridized carbons (Fsp3) is 0.173. The van der Waals surface area contributed by atoms with Gasteiger partial charge >= 0.3 is 0 Å². The average Bonchev–Trinajstić information content (AvgIpc) is 3.75. The second kappa shape index (κ2) is 11.6. The van der Waals surface area contributed by atoms with Crippen LogP contribution in [-0.4, -0.2) is 15.0 Å². The highest BCUT2D eigenvalue weighted by molar-refractivity contribution is 5.91. The quantitative estimate of drug-likeness (QED) is 0.181. The normalized spacial score (nSPS) is 18.9. The molecule has 4 nitrogen and oxygen atoms in total. The molecule has 0 saturated carbocycles. The van der Waals surface area contributed by atoms with E-state index in [0.717, 1.165) is 45.7 Å². The van der Waals surface area contributed by atoms with Gasteiger partial charge in [0.05, 0.1) is 5.41 Å². The highest BCUT2D eigenvalue weighted by atomic mass is 16.5. The lowest BCUT2D eigenvalue weighted by Crippen LogP contribution is -2.27. The molecule has 4 heteroatoms. The molecule has 0 radical (unpaired) electrons. The first kappa shape index (κ1) is 33.0. The van der Waals surface area contributed by atoms with Crippen LogP contribution in [0.5, 0.6) is 5.75 Å². The molecule has 0 amide bonds. The van der Waals surface area contributed by atoms with Gasteiger partial charge in [0.25, 0.3) is 0 Å². The molecule has 1 aromatic heterocycles. The molecule has 56 heavy (non-hydrogen) atoms. The predicted octanol–water partition coefficient (Wildman–Crippen LogP) is 12.5. The van der Waals surface area contributed by atoms with Crippen molar-refractivity contribution in [3.8, 4) is 62.2 Å². The Morgan fingerprint density at radius 1 is 0.464 bits per heavy atom. The van der Waals surface area contributed by atoms with Crippen LogP contribution in [0.15, 0.2) is 157 Å². The van der Waals surface area contributed by atoms with E-state index in [1.807, 2.05) is 18.2 Å². The number of hydrogen-bond acceptors (Lipinski definition) is 4. The molecule has 3 aliphatic carbocycles. The van der Waals surface area contributed by atoms with Crippen molar-refractivity contribution >= 4 is 5.57 Å². The van der Waals surface area contributed by atoms with Crippen molar-refractivity contribution < 1.29 is 4.74 Å². The molecule has 0 fully saturated rings. The van der Waals surface area contributed by atoms with E-state index in [0.29, 0.717) is 17.5 Å². The zero-order valence-corrected chi connectivity index (χ0v) is 32.3. The first-order valence-electron chi connectivity index (χ1n) is 19.7. The number of rotatable bonds is 4. The molecule has 1 aliphatic heterocycles. The lowest BCUT2D eigenvalue weighted by molar-refractivity contribution is 0.376. The molecule has 0 bridgehead atoms. The second-order valence-electron chi connectivity index (χ2n) is 17.0. The Bertz CT molecular complexity index is 2860. The van der Waals surface area contributed by atoms with Crippen molar-refractivity contribution in [1.29, 1.82) is 0 Å². The van der Waals surface area contributed by atoms with Crippen molar-refractivity contribution in [3.63, 3.8) is 0 Å². The van der Waals surface area contributed by atoms with Gasteiger partial charge in [-0.3, -0.25) is 0 Å². The summed E-state index contributed by atoms with van der Waals surface area (Å²) in [6.45, 7) is 11.6. The number of aromatic nitrogens is 3. The zero-order chi connectivity index (χ0) is 38.0. The van der Waals surface area contributed by atoms with Crippen LogP contribution in [-0.2, 0) is 16.2 Å². The Balaban J connectivity index is 0.972. The molecule has 6 aromatic carbocycles. The van der Waals surface area contributed by atoms with Gasteiger partial charge in [-0.05, 0) is 87.2 Å². The fourth-order valence-corrected chi connectivity index (χ4v) is 9.96. The number of nitrogens with zero attached hydrogens (tertiary/aromatic N) is 3. The topological polar surface area (TPSA) is 47.9 Å². The molecular formula is C52H41N3O. The molecule has 11 rings (SSSR count). The maximum Gasteiger partial charge on any atom is 0.164 e. The molecule has 4 aliphatic rings. The molecule has 1 atom stereocenters. The predicted molar refractivity (Wildman–Crippen MR) is 226 cm³/mol. The molecule has 0 N–H and O–H groups in total. The maximum absolute atomic E-state index is 6.64. The maximum atomic E-state index is 6.64. The molecular weight excluding hydrogens is 683 g/mol. The Morgan fingerprint density at radius 2 is 1.04 bits per heavy atom.